The fourth-order valence-corrected chi connectivity index (χ4v) is 4.11. The molecule has 0 amide bonds. The summed E-state index contributed by atoms with van der Waals surface area (Å²) in [7, 11) is 0. The molecule has 0 fully saturated rings. The second kappa shape index (κ2) is 11.0. The number of ether oxygens (including phenoxy) is 1. The molecular weight excluding hydrogens is 437 g/mol. The van der Waals surface area contributed by atoms with Gasteiger partial charge in [-0.3, -0.25) is 9.78 Å². The molecule has 1 atom stereocenters. The summed E-state index contributed by atoms with van der Waals surface area (Å²) in [5, 5.41) is 8.68. The fraction of sp³-hybridized carbons (Fsp3) is 0.400. The molecule has 9 heteroatoms. The third kappa shape index (κ3) is 5.84. The standard InChI is InChI=1S/C25H28FN5O3/c1-17-19-16-28-25(21-8-5-6-11-27-21)29-20(19)10-12-31(17)23-15-18(14-22(26)30-23)34-13-7-3-2-4-9-24(32)33/h5-6,8,11,14-17H,2-4,7,9-10,12-13H2,1H3,(H,32,33). The molecule has 0 saturated heterocycles. The molecule has 0 saturated carbocycles. The minimum atomic E-state index is -0.772. The van der Waals surface area contributed by atoms with E-state index in [0.717, 1.165) is 36.2 Å². The molecule has 1 aliphatic heterocycles. The highest BCUT2D eigenvalue weighted by molar-refractivity contribution is 5.66. The molecule has 0 radical (unpaired) electrons. The smallest absolute Gasteiger partial charge is 0.303 e. The fourth-order valence-electron chi connectivity index (χ4n) is 4.11. The normalized spacial score (nSPS) is 15.1. The Kier molecular flexibility index (Phi) is 7.61. The highest BCUT2D eigenvalue weighted by Gasteiger charge is 2.27. The van der Waals surface area contributed by atoms with E-state index in [1.54, 1.807) is 12.3 Å². The van der Waals surface area contributed by atoms with E-state index < -0.39 is 11.9 Å². The summed E-state index contributed by atoms with van der Waals surface area (Å²) in [6.07, 6.45) is 7.56. The third-order valence-corrected chi connectivity index (χ3v) is 5.90. The van der Waals surface area contributed by atoms with E-state index in [1.807, 2.05) is 36.2 Å². The van der Waals surface area contributed by atoms with Crippen molar-refractivity contribution >= 4 is 11.8 Å². The Hall–Kier alpha value is -3.62. The topological polar surface area (TPSA) is 101 Å². The lowest BCUT2D eigenvalue weighted by molar-refractivity contribution is -0.137. The molecular formula is C25H28FN5O3. The molecule has 3 aromatic rings. The van der Waals surface area contributed by atoms with Gasteiger partial charge in [-0.15, -0.1) is 0 Å². The Morgan fingerprint density at radius 2 is 2.03 bits per heavy atom. The maximum atomic E-state index is 14.3. The molecule has 0 spiro atoms. The first-order valence-corrected chi connectivity index (χ1v) is 11.6. The second-order valence-electron chi connectivity index (χ2n) is 8.32. The van der Waals surface area contributed by atoms with Gasteiger partial charge in [-0.2, -0.15) is 4.39 Å². The Labute approximate surface area is 197 Å². The average molecular weight is 466 g/mol. The molecule has 8 nitrogen and oxygen atoms in total. The summed E-state index contributed by atoms with van der Waals surface area (Å²) in [6.45, 7) is 3.12. The van der Waals surface area contributed by atoms with Gasteiger partial charge in [0.25, 0.3) is 0 Å². The van der Waals surface area contributed by atoms with Crippen LogP contribution in [0.25, 0.3) is 11.5 Å². The van der Waals surface area contributed by atoms with Crippen LogP contribution in [-0.2, 0) is 11.2 Å². The minimum Gasteiger partial charge on any atom is -0.493 e. The van der Waals surface area contributed by atoms with Crippen molar-refractivity contribution < 1.29 is 19.0 Å². The van der Waals surface area contributed by atoms with Gasteiger partial charge >= 0.3 is 5.97 Å². The van der Waals surface area contributed by atoms with Crippen LogP contribution in [0.5, 0.6) is 5.75 Å². The number of hydrogen-bond acceptors (Lipinski definition) is 7. The average Bonchev–Trinajstić information content (AvgIpc) is 2.83. The van der Waals surface area contributed by atoms with E-state index in [0.29, 0.717) is 43.4 Å². The molecule has 34 heavy (non-hydrogen) atoms. The third-order valence-electron chi connectivity index (χ3n) is 5.90. The number of halogens is 1. The van der Waals surface area contributed by atoms with E-state index in [1.165, 1.54) is 6.07 Å². The Morgan fingerprint density at radius 3 is 2.82 bits per heavy atom. The highest BCUT2D eigenvalue weighted by atomic mass is 19.1. The summed E-state index contributed by atoms with van der Waals surface area (Å²) in [4.78, 5) is 30.2. The van der Waals surface area contributed by atoms with Gasteiger partial charge in [0.1, 0.15) is 17.3 Å². The first-order valence-electron chi connectivity index (χ1n) is 11.6. The first-order chi connectivity index (χ1) is 16.5. The molecule has 0 aliphatic carbocycles. The number of nitrogens with zero attached hydrogens (tertiary/aromatic N) is 5. The van der Waals surface area contributed by atoms with Crippen LogP contribution in [0.2, 0.25) is 0 Å². The van der Waals surface area contributed by atoms with Gasteiger partial charge in [-0.25, -0.2) is 15.0 Å². The van der Waals surface area contributed by atoms with Crippen molar-refractivity contribution in [1.82, 2.24) is 19.9 Å². The maximum absolute atomic E-state index is 14.3. The van der Waals surface area contributed by atoms with E-state index in [-0.39, 0.29) is 12.5 Å². The van der Waals surface area contributed by atoms with Crippen molar-refractivity contribution in [1.29, 1.82) is 0 Å². The number of hydrogen-bond donors (Lipinski definition) is 1. The number of anilines is 1. The zero-order valence-corrected chi connectivity index (χ0v) is 19.2. The summed E-state index contributed by atoms with van der Waals surface area (Å²) in [5.74, 6) is 0.193. The van der Waals surface area contributed by atoms with Crippen LogP contribution in [0.3, 0.4) is 0 Å². The minimum absolute atomic E-state index is 0.0714. The molecule has 1 aliphatic rings. The van der Waals surface area contributed by atoms with Crippen molar-refractivity contribution in [2.75, 3.05) is 18.1 Å². The monoisotopic (exact) mass is 465 g/mol. The van der Waals surface area contributed by atoms with Crippen LogP contribution >= 0.6 is 0 Å². The highest BCUT2D eigenvalue weighted by Crippen LogP contribution is 2.33. The van der Waals surface area contributed by atoms with Crippen molar-refractivity contribution in [2.24, 2.45) is 0 Å². The number of aromatic nitrogens is 4. The lowest BCUT2D eigenvalue weighted by Crippen LogP contribution is -2.35. The summed E-state index contributed by atoms with van der Waals surface area (Å²) < 4.78 is 20.1. The van der Waals surface area contributed by atoms with Crippen molar-refractivity contribution in [2.45, 2.75) is 51.5 Å². The van der Waals surface area contributed by atoms with E-state index in [2.05, 4.69) is 15.0 Å². The Bertz CT molecular complexity index is 1130. The quantitative estimate of drug-likeness (QED) is 0.342. The zero-order valence-electron chi connectivity index (χ0n) is 19.2. The summed E-state index contributed by atoms with van der Waals surface area (Å²) in [5.41, 5.74) is 2.69. The van der Waals surface area contributed by atoms with Crippen molar-refractivity contribution in [3.63, 3.8) is 0 Å². The van der Waals surface area contributed by atoms with E-state index in [9.17, 15) is 9.18 Å². The second-order valence-corrected chi connectivity index (χ2v) is 8.32. The number of aliphatic carboxylic acids is 1. The van der Waals surface area contributed by atoms with Gasteiger partial charge in [0.05, 0.1) is 18.3 Å². The van der Waals surface area contributed by atoms with Crippen molar-refractivity contribution in [3.8, 4) is 17.3 Å². The number of carboxylic acid groups (broad SMARTS) is 1. The number of unbranched alkanes of at least 4 members (excludes halogenated alkanes) is 3. The molecule has 1 unspecified atom stereocenters. The van der Waals surface area contributed by atoms with Gasteiger partial charge in [-0.1, -0.05) is 18.9 Å². The van der Waals surface area contributed by atoms with Crippen LogP contribution in [-0.4, -0.2) is 44.2 Å². The van der Waals surface area contributed by atoms with Crippen LogP contribution in [0.4, 0.5) is 10.2 Å². The Morgan fingerprint density at radius 1 is 1.18 bits per heavy atom. The molecule has 0 aromatic carbocycles. The van der Waals surface area contributed by atoms with Gasteiger partial charge < -0.3 is 14.7 Å². The zero-order chi connectivity index (χ0) is 23.9. The van der Waals surface area contributed by atoms with Crippen molar-refractivity contribution in [3.05, 3.63) is 59.9 Å². The number of rotatable bonds is 10. The lowest BCUT2D eigenvalue weighted by atomic mass is 9.99. The number of pyridine rings is 2. The number of carboxylic acids is 1. The van der Waals surface area contributed by atoms with Gasteiger partial charge in [0, 0.05) is 49.5 Å². The first kappa shape index (κ1) is 23.5. The summed E-state index contributed by atoms with van der Waals surface area (Å²) >= 11 is 0. The van der Waals surface area contributed by atoms with Gasteiger partial charge in [-0.05, 0) is 31.9 Å². The Balaban J connectivity index is 1.40. The van der Waals surface area contributed by atoms with E-state index >= 15 is 0 Å². The van der Waals surface area contributed by atoms with Gasteiger partial charge in [0.2, 0.25) is 5.95 Å². The van der Waals surface area contributed by atoms with E-state index in [4.69, 9.17) is 14.8 Å². The molecule has 4 rings (SSSR count). The molecule has 4 heterocycles. The van der Waals surface area contributed by atoms with Crippen LogP contribution in [0.15, 0.2) is 42.7 Å². The SMILES string of the molecule is CC1c2cnc(-c3ccccn3)nc2CCN1c1cc(OCCCCCCC(=O)O)cc(F)n1. The summed E-state index contributed by atoms with van der Waals surface area (Å²) in [6, 6.07) is 8.63. The predicted molar refractivity (Wildman–Crippen MR) is 125 cm³/mol. The molecule has 1 N–H and O–H groups in total. The molecule has 3 aromatic heterocycles. The lowest BCUT2D eigenvalue weighted by Gasteiger charge is -2.35. The largest absolute Gasteiger partial charge is 0.493 e. The number of fused-ring (bicyclic) bond motifs is 1. The van der Waals surface area contributed by atoms with Crippen LogP contribution in [0, 0.1) is 5.95 Å². The van der Waals surface area contributed by atoms with Crippen LogP contribution in [0.1, 0.15) is 56.3 Å². The van der Waals surface area contributed by atoms with Crippen LogP contribution < -0.4 is 9.64 Å². The maximum Gasteiger partial charge on any atom is 0.303 e. The molecule has 0 bridgehead atoms. The number of carbonyl (C=O) groups is 1. The van der Waals surface area contributed by atoms with Gasteiger partial charge in [0.15, 0.2) is 5.82 Å². The molecule has 178 valence electrons. The predicted octanol–water partition coefficient (Wildman–Crippen LogP) is 4.61.